The van der Waals surface area contributed by atoms with E-state index in [1.807, 2.05) is 31.2 Å². The van der Waals surface area contributed by atoms with E-state index in [2.05, 4.69) is 43.5 Å². The van der Waals surface area contributed by atoms with Crippen LogP contribution in [0.15, 0.2) is 205 Å². The predicted octanol–water partition coefficient (Wildman–Crippen LogP) is 6.88. The van der Waals surface area contributed by atoms with Gasteiger partial charge in [-0.25, -0.2) is 13.8 Å². The van der Waals surface area contributed by atoms with Gasteiger partial charge in [0, 0.05) is 65.6 Å². The maximum absolute atomic E-state index is 13.0. The van der Waals surface area contributed by atoms with Crippen molar-refractivity contribution in [3.8, 4) is 80.5 Å². The summed E-state index contributed by atoms with van der Waals surface area (Å²) in [6.07, 6.45) is -4.14. The molecule has 0 radical (unpaired) electrons. The lowest BCUT2D eigenvalue weighted by Gasteiger charge is -2.18. The van der Waals surface area contributed by atoms with Gasteiger partial charge in [0.2, 0.25) is 0 Å². The fourth-order valence-electron chi connectivity index (χ4n) is 9.77. The maximum Gasteiger partial charge on any atom is 0.186 e. The second-order valence-electron chi connectivity index (χ2n) is 26.7. The number of rotatable bonds is 23. The zero-order valence-electron chi connectivity index (χ0n) is 69.7. The van der Waals surface area contributed by atoms with Gasteiger partial charge in [0.1, 0.15) is 34.6 Å². The summed E-state index contributed by atoms with van der Waals surface area (Å²) in [4.78, 5) is 3.90. The molecule has 40 N–H and O–H groups in total. The molecule has 0 spiro atoms. The molecule has 0 aromatic heterocycles. The summed E-state index contributed by atoms with van der Waals surface area (Å²) in [5.74, 6) is -3.40. The van der Waals surface area contributed by atoms with Crippen molar-refractivity contribution >= 4 is 28.6 Å². The summed E-state index contributed by atoms with van der Waals surface area (Å²) in [7, 11) is 5.78. The molecule has 0 heterocycles. The first-order valence-corrected chi connectivity index (χ1v) is 39.0. The maximum atomic E-state index is 13.0. The standard InChI is InChI=1S/C10H15NO2.C9H13NO3.3C9H13NO2.C8H10FNO3.C8H10FNO2.C8H10IN3.C8H11NO3.C8H11NO2.CH3F/c1-7(11-2)10(13)8-4-3-5-9(12)6-8;1-10-5-9(13)6-2-3-7(11)8(12)4-6;1-10-6-9(12)7-3-2-4-8(11)5-7;2*1-6(10)9(12)7-3-2-4-8(11)5-7;9-5-2-7(12)6(11)1-4(5)8(13)3-10;9-6-4-8(12)7(11)3-5(6)1-2-10;9-7-3-1-2-6(4-7)5-12-8(10)11;9-4-8(12)5-1-2-6(10)7(11)3-5;9-4-3-6-1-2-7(10)8(11)5-6;1-2/h3-7,10-13H,1-2H3;2-4,9-13H,5H2,1H3;2-5,9-12H,6H2,1H3;2*2-6,9,11-12H,10H2,1H3;1-2,8,11-13H,3,10H2;3-4,11-12H,1-2,10H2;1-4H,5H2,(H4,10,11,12);1-3,8,10-12H,4,9H2;1-2,5,10-11H,3-4,9H2;1H3/t7-,10-;2*9-;6-,9-;;8-;;;;;/m0000.0...../s1/i;;;;;2*9-1;9-4;;;2-1. The minimum Gasteiger partial charge on any atom is -0.508 e. The molecule has 0 saturated carbocycles. The number of phenolic OH excluding ortho intramolecular Hbond substituents is 14. The lowest BCUT2D eigenvalue weighted by molar-refractivity contribution is 0.140. The van der Waals surface area contributed by atoms with Crippen LogP contribution in [0.4, 0.5) is 13.2 Å². The number of phenols is 14. The van der Waals surface area contributed by atoms with E-state index >= 15 is 0 Å². The second kappa shape index (κ2) is 61.8. The number of alkyl halides is 1. The molecule has 10 atom stereocenters. The molecule has 10 rings (SSSR count). The molecule has 0 aliphatic heterocycles. The van der Waals surface area contributed by atoms with Gasteiger partial charge in [0.25, 0.3) is 0 Å². The van der Waals surface area contributed by atoms with E-state index in [1.165, 1.54) is 64.2 Å². The molecule has 684 valence electrons. The number of likely N-dealkylation sites (N-methyl/N-ethyl adjacent to an activating group) is 3. The summed E-state index contributed by atoms with van der Waals surface area (Å²) in [6, 6.07) is 50.4. The number of halogens is 4. The molecule has 0 fully saturated rings. The van der Waals surface area contributed by atoms with Crippen molar-refractivity contribution in [2.24, 2.45) is 50.9 Å². The fraction of sp³-hybridized carbons (Fsp3) is 0.299. The van der Waals surface area contributed by atoms with Crippen molar-refractivity contribution in [2.75, 3.05) is 67.6 Å². The number of aliphatic hydroxyl groups is 7. The number of aromatic hydroxyl groups is 14. The Hall–Kier alpha value is -11.5. The van der Waals surface area contributed by atoms with Crippen LogP contribution < -0.4 is 61.8 Å². The Kier molecular flexibility index (Phi) is 56.1. The van der Waals surface area contributed by atoms with Crippen LogP contribution in [0, 0.1) is 15.2 Å². The average molecular weight is 1850 g/mol. The minimum absolute atomic E-state index is 0.0261. The first kappa shape index (κ1) is 113. The van der Waals surface area contributed by atoms with Crippen LogP contribution in [-0.4, -0.2) is 199 Å². The van der Waals surface area contributed by atoms with Crippen molar-refractivity contribution in [3.05, 3.63) is 271 Å². The topological polar surface area (TPSA) is 681 Å². The minimum atomic E-state index is -1.17. The Balaban J connectivity index is 0.00000135. The summed E-state index contributed by atoms with van der Waals surface area (Å²) < 4.78 is 36.6. The summed E-state index contributed by atoms with van der Waals surface area (Å²) in [5.41, 5.74) is 48.2. The van der Waals surface area contributed by atoms with Gasteiger partial charge in [-0.2, -0.15) is 0 Å². The van der Waals surface area contributed by atoms with Crippen LogP contribution in [0.1, 0.15) is 119 Å². The largest absolute Gasteiger partial charge is 0.508 e. The van der Waals surface area contributed by atoms with Gasteiger partial charge < -0.3 is 169 Å². The van der Waals surface area contributed by atoms with E-state index in [9.17, 15) is 48.9 Å². The third-order valence-electron chi connectivity index (χ3n) is 16.6. The SMILES string of the molecule is CC(N)C(O)c1cccc(O)c1.CNC[C@H](O)c1ccc(O)c(O)c1.CNC[C@H](O)c1cccc(O)c1.CN[C@@H](C)[C@H](O)c1cccc(O)c1.C[18F].C[C@H](N)[C@H](O)c1cccc(O)c1.NC(N)=NCc1cccc([123I])c1.NCC(O)c1ccc(O)c(O)c1.NCCc1cc(O)c(O)cc1[18F].NCCc1ccc(O)c(O)c1.NC[C@H](O)c1cc(O)c(O)cc1[18F]. The highest BCUT2D eigenvalue weighted by atomic mass is 123. The first-order chi connectivity index (χ1) is 58.5. The Morgan fingerprint density at radius 1 is 0.371 bits per heavy atom. The highest BCUT2D eigenvalue weighted by molar-refractivity contribution is 14.1. The quantitative estimate of drug-likeness (QED) is 0.0134. The number of benzene rings is 10. The number of nitrogens with one attached hydrogen (secondary N) is 3. The molecular formula is C87H122F3IN12O21. The molecule has 0 saturated heterocycles. The van der Waals surface area contributed by atoms with Crippen molar-refractivity contribution in [1.29, 1.82) is 0 Å². The van der Waals surface area contributed by atoms with Gasteiger partial charge in [-0.3, -0.25) is 4.39 Å². The molecule has 0 aliphatic rings. The molecule has 10 aromatic rings. The molecule has 37 heteroatoms. The lowest BCUT2D eigenvalue weighted by Crippen LogP contribution is -2.28. The third-order valence-corrected chi connectivity index (χ3v) is 17.3. The lowest BCUT2D eigenvalue weighted by atomic mass is 10.0. The Bertz CT molecular complexity index is 4630. The summed E-state index contributed by atoms with van der Waals surface area (Å²) >= 11 is 2.25. The van der Waals surface area contributed by atoms with Crippen LogP contribution in [0.2, 0.25) is 0 Å². The normalized spacial score (nSPS) is 12.6. The Labute approximate surface area is 732 Å². The molecule has 0 amide bonds. The van der Waals surface area contributed by atoms with E-state index in [0.29, 0.717) is 80.6 Å². The summed E-state index contributed by atoms with van der Waals surface area (Å²) in [5, 5.41) is 201. The van der Waals surface area contributed by atoms with Gasteiger partial charge in [-0.15, -0.1) is 0 Å². The van der Waals surface area contributed by atoms with Crippen molar-refractivity contribution in [1.82, 2.24) is 16.0 Å². The summed E-state index contributed by atoms with van der Waals surface area (Å²) in [6.45, 7) is 7.56. The number of hydrogen-bond donors (Lipinski definition) is 32. The number of guanidine groups is 1. The number of hydrogen-bond acceptors (Lipinski definition) is 31. The van der Waals surface area contributed by atoms with Crippen LogP contribution in [0.25, 0.3) is 0 Å². The molecule has 124 heavy (non-hydrogen) atoms. The van der Waals surface area contributed by atoms with E-state index in [0.717, 1.165) is 40.5 Å². The monoisotopic (exact) mass is 1850 g/mol. The van der Waals surface area contributed by atoms with E-state index in [-0.39, 0.29) is 106 Å². The van der Waals surface area contributed by atoms with E-state index in [1.54, 1.807) is 132 Å². The highest BCUT2D eigenvalue weighted by Gasteiger charge is 2.18. The molecule has 0 aliphatic carbocycles. The van der Waals surface area contributed by atoms with Crippen LogP contribution in [-0.2, 0) is 19.4 Å². The number of nitrogens with zero attached hydrogens (tertiary/aromatic N) is 1. The van der Waals surface area contributed by atoms with Gasteiger partial charge >= 0.3 is 0 Å². The average Bonchev–Trinajstić information content (AvgIpc) is 0.845. The fourth-order valence-corrected chi connectivity index (χ4v) is 10.4. The molecule has 0 bridgehead atoms. The van der Waals surface area contributed by atoms with E-state index in [4.69, 9.17) is 117 Å². The van der Waals surface area contributed by atoms with Crippen LogP contribution >= 0.6 is 22.6 Å². The Morgan fingerprint density at radius 3 is 1.10 bits per heavy atom. The number of aliphatic hydroxyl groups excluding tert-OH is 7. The van der Waals surface area contributed by atoms with Crippen LogP contribution in [0.5, 0.6) is 80.5 Å². The van der Waals surface area contributed by atoms with Gasteiger partial charge in [-0.05, 0) is 250 Å². The molecule has 10 aromatic carbocycles. The first-order valence-electron chi connectivity index (χ1n) is 37.9. The smallest absolute Gasteiger partial charge is 0.186 e. The van der Waals surface area contributed by atoms with Crippen molar-refractivity contribution in [3.63, 3.8) is 0 Å². The van der Waals surface area contributed by atoms with Crippen molar-refractivity contribution in [2.45, 2.75) is 101 Å². The number of aliphatic imine (C=N–C) groups is 1. The van der Waals surface area contributed by atoms with Crippen molar-refractivity contribution < 1.29 is 120 Å². The highest BCUT2D eigenvalue weighted by Crippen LogP contribution is 2.33. The number of nitrogens with two attached hydrogens (primary N) is 8. The second-order valence-corrected chi connectivity index (χ2v) is 28.0. The molecular weight excluding hydrogens is 1730 g/mol. The van der Waals surface area contributed by atoms with Crippen LogP contribution in [0.3, 0.4) is 0 Å². The van der Waals surface area contributed by atoms with E-state index < -0.39 is 71.6 Å². The molecule has 3 unspecified atom stereocenters. The molecule has 33 nitrogen and oxygen atoms in total. The predicted molar refractivity (Wildman–Crippen MR) is 479 cm³/mol. The zero-order chi connectivity index (χ0) is 94.5. The van der Waals surface area contributed by atoms with Gasteiger partial charge in [0.05, 0.1) is 56.5 Å². The zero-order valence-corrected chi connectivity index (χ0v) is 71.8. The van der Waals surface area contributed by atoms with Gasteiger partial charge in [-0.1, -0.05) is 78.9 Å². The Morgan fingerprint density at radius 2 is 0.726 bits per heavy atom. The van der Waals surface area contributed by atoms with Gasteiger partial charge in [0.15, 0.2) is 63.5 Å². The third kappa shape index (κ3) is 44.6.